The third-order valence-electron chi connectivity index (χ3n) is 4.11. The molecule has 1 N–H and O–H groups in total. The summed E-state index contributed by atoms with van der Waals surface area (Å²) in [7, 11) is 0. The molecule has 8 heteroatoms. The maximum Gasteiger partial charge on any atom is 0.416 e. The number of hydrogen-bond acceptors (Lipinski definition) is 3. The number of hydrogen-bond donors (Lipinski definition) is 1. The summed E-state index contributed by atoms with van der Waals surface area (Å²) in [5, 5.41) is 9.72. The molecule has 0 fully saturated rings. The van der Waals surface area contributed by atoms with Crippen molar-refractivity contribution in [3.05, 3.63) is 59.5 Å². The molecule has 0 bridgehead atoms. The number of fused-ring (bicyclic) bond motifs is 3. The number of aromatic nitrogens is 2. The highest BCUT2D eigenvalue weighted by atomic mass is 19.4. The van der Waals surface area contributed by atoms with Gasteiger partial charge in [-0.15, -0.1) is 0 Å². The highest BCUT2D eigenvalue weighted by Crippen LogP contribution is 2.34. The summed E-state index contributed by atoms with van der Waals surface area (Å²) in [6.07, 6.45) is -4.42. The minimum Gasteiger partial charge on any atom is -0.478 e. The van der Waals surface area contributed by atoms with Gasteiger partial charge in [0.25, 0.3) is 0 Å². The average Bonchev–Trinajstić information content (AvgIpc) is 3.08. The first-order chi connectivity index (χ1) is 12.3. The van der Waals surface area contributed by atoms with E-state index in [9.17, 15) is 23.1 Å². The summed E-state index contributed by atoms with van der Waals surface area (Å²) in [5.74, 6) is -0.711. The minimum absolute atomic E-state index is 0.0815. The van der Waals surface area contributed by atoms with Gasteiger partial charge in [0, 0.05) is 18.0 Å². The van der Waals surface area contributed by atoms with E-state index in [0.29, 0.717) is 33.7 Å². The zero-order chi connectivity index (χ0) is 18.6. The molecule has 0 saturated heterocycles. The Labute approximate surface area is 144 Å². The first-order valence-corrected chi connectivity index (χ1v) is 7.58. The van der Waals surface area contributed by atoms with E-state index in [1.165, 1.54) is 24.3 Å². The van der Waals surface area contributed by atoms with Crippen LogP contribution in [0.4, 0.5) is 13.2 Å². The lowest BCUT2D eigenvalue weighted by atomic mass is 10.1. The van der Waals surface area contributed by atoms with Crippen molar-refractivity contribution >= 4 is 28.1 Å². The van der Waals surface area contributed by atoms with Crippen molar-refractivity contribution in [1.29, 1.82) is 0 Å². The second-order valence-corrected chi connectivity index (χ2v) is 5.80. The molecular formula is C18H11F3N2O3. The van der Waals surface area contributed by atoms with E-state index in [1.54, 1.807) is 17.6 Å². The lowest BCUT2D eigenvalue weighted by Crippen LogP contribution is -2.05. The summed E-state index contributed by atoms with van der Waals surface area (Å²) >= 11 is 0. The summed E-state index contributed by atoms with van der Waals surface area (Å²) in [4.78, 5) is 15.5. The molecule has 2 heterocycles. The minimum atomic E-state index is -4.42. The van der Waals surface area contributed by atoms with Crippen LogP contribution in [-0.4, -0.2) is 20.6 Å². The lowest BCUT2D eigenvalue weighted by Gasteiger charge is -2.09. The molecule has 0 amide bonds. The van der Waals surface area contributed by atoms with Gasteiger partial charge in [-0.1, -0.05) is 0 Å². The fraction of sp³-hybridized carbons (Fsp3) is 0.111. The Kier molecular flexibility index (Phi) is 3.33. The number of aryl methyl sites for hydroxylation is 1. The van der Waals surface area contributed by atoms with Crippen molar-refractivity contribution in [2.45, 2.75) is 13.1 Å². The van der Waals surface area contributed by atoms with Crippen molar-refractivity contribution in [3.8, 4) is 5.69 Å². The zero-order valence-electron chi connectivity index (χ0n) is 13.3. The molecule has 4 rings (SSSR count). The Hall–Kier alpha value is -3.29. The quantitative estimate of drug-likeness (QED) is 0.558. The van der Waals surface area contributed by atoms with Gasteiger partial charge in [0.05, 0.1) is 16.6 Å². The Bertz CT molecular complexity index is 1150. The van der Waals surface area contributed by atoms with E-state index in [4.69, 9.17) is 4.42 Å². The van der Waals surface area contributed by atoms with Crippen LogP contribution in [0.5, 0.6) is 0 Å². The summed E-state index contributed by atoms with van der Waals surface area (Å²) in [6, 6.07) is 9.15. The van der Waals surface area contributed by atoms with Crippen molar-refractivity contribution in [2.24, 2.45) is 0 Å². The Balaban J connectivity index is 2.00. The molecule has 132 valence electrons. The predicted octanol–water partition coefficient (Wildman–Crippen LogP) is 4.80. The number of halogens is 3. The number of carboxylic acids is 1. The van der Waals surface area contributed by atoms with Crippen molar-refractivity contribution < 1.29 is 27.5 Å². The van der Waals surface area contributed by atoms with Crippen molar-refractivity contribution in [2.75, 3.05) is 0 Å². The van der Waals surface area contributed by atoms with Crippen LogP contribution in [0.2, 0.25) is 0 Å². The molecule has 0 saturated carbocycles. The largest absolute Gasteiger partial charge is 0.478 e. The van der Waals surface area contributed by atoms with E-state index >= 15 is 0 Å². The number of aromatic carboxylic acids is 1. The highest BCUT2D eigenvalue weighted by molar-refractivity contribution is 6.07. The molecular weight excluding hydrogens is 349 g/mol. The molecule has 0 unspecified atom stereocenters. The molecule has 2 aromatic carbocycles. The molecule has 0 atom stereocenters. The van der Waals surface area contributed by atoms with Crippen LogP contribution in [-0.2, 0) is 6.18 Å². The molecule has 4 aromatic rings. The van der Waals surface area contributed by atoms with Gasteiger partial charge in [-0.25, -0.2) is 4.79 Å². The molecule has 0 aliphatic heterocycles. The van der Waals surface area contributed by atoms with Gasteiger partial charge < -0.3 is 9.52 Å². The van der Waals surface area contributed by atoms with Gasteiger partial charge in [-0.2, -0.15) is 18.2 Å². The predicted molar refractivity (Wildman–Crippen MR) is 87.5 cm³/mol. The van der Waals surface area contributed by atoms with Crippen molar-refractivity contribution in [3.63, 3.8) is 0 Å². The van der Waals surface area contributed by atoms with Gasteiger partial charge in [0.15, 0.2) is 17.1 Å². The second-order valence-electron chi connectivity index (χ2n) is 5.80. The summed E-state index contributed by atoms with van der Waals surface area (Å²) < 4.78 is 45.6. The average molecular weight is 360 g/mol. The van der Waals surface area contributed by atoms with E-state index in [-0.39, 0.29) is 5.56 Å². The van der Waals surface area contributed by atoms with Crippen LogP contribution in [0.3, 0.4) is 0 Å². The summed E-state index contributed by atoms with van der Waals surface area (Å²) in [6.45, 7) is 1.64. The molecule has 2 aromatic heterocycles. The highest BCUT2D eigenvalue weighted by Gasteiger charge is 2.30. The lowest BCUT2D eigenvalue weighted by molar-refractivity contribution is -0.137. The normalized spacial score (nSPS) is 12.2. The first kappa shape index (κ1) is 16.2. The molecule has 5 nitrogen and oxygen atoms in total. The molecule has 0 spiro atoms. The van der Waals surface area contributed by atoms with E-state index in [2.05, 4.69) is 4.98 Å². The molecule has 0 aliphatic carbocycles. The van der Waals surface area contributed by atoms with Crippen LogP contribution in [0.15, 0.2) is 46.9 Å². The Morgan fingerprint density at radius 2 is 1.85 bits per heavy atom. The van der Waals surface area contributed by atoms with E-state index < -0.39 is 17.7 Å². The fourth-order valence-corrected chi connectivity index (χ4v) is 2.96. The van der Waals surface area contributed by atoms with Crippen LogP contribution < -0.4 is 0 Å². The van der Waals surface area contributed by atoms with Crippen LogP contribution in [0, 0.1) is 6.92 Å². The number of alkyl halides is 3. The Morgan fingerprint density at radius 1 is 1.15 bits per heavy atom. The maximum absolute atomic E-state index is 12.8. The Morgan fingerprint density at radius 3 is 2.46 bits per heavy atom. The zero-order valence-corrected chi connectivity index (χ0v) is 13.3. The molecule has 0 aliphatic rings. The fourth-order valence-electron chi connectivity index (χ4n) is 2.96. The maximum atomic E-state index is 12.8. The monoisotopic (exact) mass is 360 g/mol. The first-order valence-electron chi connectivity index (χ1n) is 7.58. The number of carboxylic acid groups (broad SMARTS) is 1. The number of rotatable bonds is 2. The number of benzene rings is 2. The van der Waals surface area contributed by atoms with Gasteiger partial charge in [-0.05, 0) is 42.5 Å². The van der Waals surface area contributed by atoms with Crippen LogP contribution >= 0.6 is 0 Å². The smallest absolute Gasteiger partial charge is 0.416 e. The SMILES string of the molecule is Cc1nc2c(o1)c1cc(C(=O)O)ccc1n2-c1ccc(C(F)(F)F)cc1. The summed E-state index contributed by atoms with van der Waals surface area (Å²) in [5.41, 5.74) is 1.20. The van der Waals surface area contributed by atoms with Crippen molar-refractivity contribution in [1.82, 2.24) is 9.55 Å². The van der Waals surface area contributed by atoms with E-state index in [1.807, 2.05) is 0 Å². The second kappa shape index (κ2) is 5.35. The number of nitrogens with zero attached hydrogens (tertiary/aromatic N) is 2. The number of carbonyl (C=O) groups is 1. The topological polar surface area (TPSA) is 68.3 Å². The van der Waals surface area contributed by atoms with Gasteiger partial charge in [0.2, 0.25) is 0 Å². The van der Waals surface area contributed by atoms with Crippen LogP contribution in [0.25, 0.3) is 27.8 Å². The van der Waals surface area contributed by atoms with Gasteiger partial charge >= 0.3 is 12.1 Å². The van der Waals surface area contributed by atoms with E-state index in [0.717, 1.165) is 12.1 Å². The van der Waals surface area contributed by atoms with Gasteiger partial charge in [0.1, 0.15) is 0 Å². The third kappa shape index (κ3) is 2.42. The van der Waals surface area contributed by atoms with Crippen LogP contribution in [0.1, 0.15) is 21.8 Å². The third-order valence-corrected chi connectivity index (χ3v) is 4.11. The standard InChI is InChI=1S/C18H11F3N2O3/c1-9-22-16-15(26-9)13-8-10(17(24)25)2-7-14(13)23(16)12-5-3-11(4-6-12)18(19,20)21/h2-8H,1H3,(H,24,25). The number of oxazole rings is 1. The van der Waals surface area contributed by atoms with Gasteiger partial charge in [-0.3, -0.25) is 4.57 Å². The molecule has 0 radical (unpaired) electrons. The molecule has 26 heavy (non-hydrogen) atoms.